The van der Waals surface area contributed by atoms with Crippen LogP contribution in [0.1, 0.15) is 18.7 Å². The molecule has 0 amide bonds. The van der Waals surface area contributed by atoms with Crippen LogP contribution in [0.25, 0.3) is 11.2 Å². The van der Waals surface area contributed by atoms with E-state index in [-0.39, 0.29) is 5.92 Å². The number of H-pyrrole nitrogens is 1. The van der Waals surface area contributed by atoms with Crippen LogP contribution in [0, 0.1) is 0 Å². The molecular formula is C10H15N5O2. The molecule has 92 valence electrons. The minimum absolute atomic E-state index is 0.0295. The number of nitrogens with two attached hydrogens (primary N) is 1. The number of hydrogen-bond acceptors (Lipinski definition) is 4. The number of rotatable bonds is 2. The maximum absolute atomic E-state index is 11.7. The van der Waals surface area contributed by atoms with Gasteiger partial charge in [-0.15, -0.1) is 0 Å². The van der Waals surface area contributed by atoms with Crippen LogP contribution in [0.3, 0.4) is 0 Å². The predicted octanol–water partition coefficient (Wildman–Crippen LogP) is -0.977. The van der Waals surface area contributed by atoms with Gasteiger partial charge in [0.05, 0.1) is 0 Å². The number of aromatic amines is 1. The van der Waals surface area contributed by atoms with Crippen LogP contribution in [-0.2, 0) is 14.1 Å². The summed E-state index contributed by atoms with van der Waals surface area (Å²) in [5.41, 5.74) is 5.48. The van der Waals surface area contributed by atoms with E-state index < -0.39 is 11.2 Å². The number of nitrogens with one attached hydrogen (secondary N) is 1. The Bertz CT molecular complexity index is 678. The van der Waals surface area contributed by atoms with Gasteiger partial charge in [0.1, 0.15) is 5.82 Å². The Morgan fingerprint density at radius 2 is 2.00 bits per heavy atom. The van der Waals surface area contributed by atoms with Crippen LogP contribution in [0.2, 0.25) is 0 Å². The molecular weight excluding hydrogens is 222 g/mol. The van der Waals surface area contributed by atoms with Crippen molar-refractivity contribution in [2.45, 2.75) is 12.8 Å². The third-order valence-electron chi connectivity index (χ3n) is 2.96. The van der Waals surface area contributed by atoms with E-state index in [2.05, 4.69) is 9.97 Å². The van der Waals surface area contributed by atoms with Crippen molar-refractivity contribution in [1.29, 1.82) is 0 Å². The summed E-state index contributed by atoms with van der Waals surface area (Å²) < 4.78 is 3.01. The van der Waals surface area contributed by atoms with E-state index >= 15 is 0 Å². The van der Waals surface area contributed by atoms with Crippen LogP contribution in [0.4, 0.5) is 0 Å². The van der Waals surface area contributed by atoms with E-state index in [1.54, 1.807) is 18.7 Å². The molecule has 0 aliphatic rings. The molecule has 17 heavy (non-hydrogen) atoms. The van der Waals surface area contributed by atoms with Crippen LogP contribution >= 0.6 is 0 Å². The number of imidazole rings is 1. The zero-order valence-corrected chi connectivity index (χ0v) is 10.0. The fourth-order valence-electron chi connectivity index (χ4n) is 1.87. The highest BCUT2D eigenvalue weighted by Gasteiger charge is 2.17. The zero-order chi connectivity index (χ0) is 12.7. The molecule has 2 heterocycles. The van der Waals surface area contributed by atoms with Gasteiger partial charge in [0.15, 0.2) is 11.2 Å². The monoisotopic (exact) mass is 237 g/mol. The van der Waals surface area contributed by atoms with Crippen molar-refractivity contribution < 1.29 is 0 Å². The normalized spacial score (nSPS) is 13.2. The van der Waals surface area contributed by atoms with Gasteiger partial charge in [-0.1, -0.05) is 6.92 Å². The van der Waals surface area contributed by atoms with Gasteiger partial charge in [-0.25, -0.2) is 9.78 Å². The average Bonchev–Trinajstić information content (AvgIpc) is 2.64. The Morgan fingerprint density at radius 1 is 1.35 bits per heavy atom. The van der Waals surface area contributed by atoms with E-state index in [0.717, 1.165) is 0 Å². The highest BCUT2D eigenvalue weighted by atomic mass is 16.2. The van der Waals surface area contributed by atoms with Gasteiger partial charge < -0.3 is 10.3 Å². The smallest absolute Gasteiger partial charge is 0.329 e. The second kappa shape index (κ2) is 3.85. The molecule has 0 saturated carbocycles. The fraction of sp³-hybridized carbons (Fsp3) is 0.500. The Hall–Kier alpha value is -1.89. The zero-order valence-electron chi connectivity index (χ0n) is 10.0. The first-order valence-electron chi connectivity index (χ1n) is 5.33. The quantitative estimate of drug-likeness (QED) is 0.701. The summed E-state index contributed by atoms with van der Waals surface area (Å²) >= 11 is 0. The predicted molar refractivity (Wildman–Crippen MR) is 64.0 cm³/mol. The molecule has 0 bridgehead atoms. The van der Waals surface area contributed by atoms with E-state index in [9.17, 15) is 9.59 Å². The van der Waals surface area contributed by atoms with Gasteiger partial charge in [0.2, 0.25) is 0 Å². The van der Waals surface area contributed by atoms with Crippen LogP contribution in [0.15, 0.2) is 9.59 Å². The standard InChI is InChI=1S/C10H15N5O2/c1-5(4-11)7-12-8-6(14(7)2)9(16)13-10(17)15(8)3/h5H,4,11H2,1-3H3,(H,13,16,17). The number of hydrogen-bond donors (Lipinski definition) is 2. The molecule has 0 fully saturated rings. The first-order valence-corrected chi connectivity index (χ1v) is 5.33. The molecule has 1 unspecified atom stereocenters. The second-order valence-corrected chi connectivity index (χ2v) is 4.16. The summed E-state index contributed by atoms with van der Waals surface area (Å²) in [6, 6.07) is 0. The molecule has 2 aromatic rings. The first kappa shape index (κ1) is 11.6. The lowest BCUT2D eigenvalue weighted by Gasteiger charge is -2.07. The molecule has 0 radical (unpaired) electrons. The van der Waals surface area contributed by atoms with Gasteiger partial charge in [0, 0.05) is 26.6 Å². The van der Waals surface area contributed by atoms with Crippen LogP contribution in [0.5, 0.6) is 0 Å². The van der Waals surface area contributed by atoms with Crippen LogP contribution < -0.4 is 17.0 Å². The van der Waals surface area contributed by atoms with Gasteiger partial charge >= 0.3 is 5.69 Å². The molecule has 0 aromatic carbocycles. The summed E-state index contributed by atoms with van der Waals surface area (Å²) in [4.78, 5) is 29.8. The maximum Gasteiger partial charge on any atom is 0.329 e. The van der Waals surface area contributed by atoms with Gasteiger partial charge in [-0.05, 0) is 0 Å². The number of fused-ring (bicyclic) bond motifs is 1. The van der Waals surface area contributed by atoms with E-state index in [4.69, 9.17) is 5.73 Å². The number of aryl methyl sites for hydroxylation is 2. The first-order chi connectivity index (χ1) is 7.97. The molecule has 0 aliphatic heterocycles. The largest absolute Gasteiger partial charge is 0.330 e. The van der Waals surface area contributed by atoms with Crippen molar-refractivity contribution in [1.82, 2.24) is 19.1 Å². The van der Waals surface area contributed by atoms with Crippen molar-refractivity contribution in [2.24, 2.45) is 19.8 Å². The van der Waals surface area contributed by atoms with Crippen molar-refractivity contribution in [2.75, 3.05) is 6.54 Å². The van der Waals surface area contributed by atoms with Crippen molar-refractivity contribution in [3.8, 4) is 0 Å². The second-order valence-electron chi connectivity index (χ2n) is 4.16. The summed E-state index contributed by atoms with van der Waals surface area (Å²) in [6.07, 6.45) is 0. The highest BCUT2D eigenvalue weighted by Crippen LogP contribution is 2.16. The average molecular weight is 237 g/mol. The van der Waals surface area contributed by atoms with Gasteiger partial charge in [0.25, 0.3) is 5.56 Å². The van der Waals surface area contributed by atoms with Gasteiger partial charge in [-0.2, -0.15) is 0 Å². The summed E-state index contributed by atoms with van der Waals surface area (Å²) in [6.45, 7) is 2.36. The topological polar surface area (TPSA) is 98.7 Å². The molecule has 2 rings (SSSR count). The molecule has 0 saturated heterocycles. The minimum atomic E-state index is -0.465. The van der Waals surface area contributed by atoms with E-state index in [0.29, 0.717) is 23.5 Å². The molecule has 3 N–H and O–H groups in total. The lowest BCUT2D eigenvalue weighted by atomic mass is 10.2. The van der Waals surface area contributed by atoms with E-state index in [1.807, 2.05) is 6.92 Å². The lowest BCUT2D eigenvalue weighted by molar-refractivity contribution is 0.675. The molecule has 2 aromatic heterocycles. The van der Waals surface area contributed by atoms with Crippen molar-refractivity contribution >= 4 is 11.2 Å². The number of aromatic nitrogens is 4. The Kier molecular flexibility index (Phi) is 2.62. The van der Waals surface area contributed by atoms with Crippen LogP contribution in [-0.4, -0.2) is 25.6 Å². The van der Waals surface area contributed by atoms with Crippen molar-refractivity contribution in [3.05, 3.63) is 26.7 Å². The highest BCUT2D eigenvalue weighted by molar-refractivity contribution is 5.70. The molecule has 7 nitrogen and oxygen atoms in total. The third kappa shape index (κ3) is 1.59. The third-order valence-corrected chi connectivity index (χ3v) is 2.96. The SMILES string of the molecule is CC(CN)c1nc2c(c(=O)[nH]c(=O)n2C)n1C. The maximum atomic E-state index is 11.7. The number of nitrogens with zero attached hydrogens (tertiary/aromatic N) is 3. The summed E-state index contributed by atoms with van der Waals surface area (Å²) in [5, 5.41) is 0. The minimum Gasteiger partial charge on any atom is -0.330 e. The Balaban J connectivity index is 2.92. The van der Waals surface area contributed by atoms with E-state index in [1.165, 1.54) is 4.57 Å². The van der Waals surface area contributed by atoms with Gasteiger partial charge in [-0.3, -0.25) is 14.3 Å². The molecule has 0 spiro atoms. The Morgan fingerprint density at radius 3 is 2.59 bits per heavy atom. The Labute approximate surface area is 96.9 Å². The summed E-state index contributed by atoms with van der Waals surface area (Å²) in [5.74, 6) is 0.733. The van der Waals surface area contributed by atoms with Crippen molar-refractivity contribution in [3.63, 3.8) is 0 Å². The summed E-state index contributed by atoms with van der Waals surface area (Å²) in [7, 11) is 3.32. The lowest BCUT2D eigenvalue weighted by Crippen LogP contribution is -2.29. The molecule has 7 heteroatoms. The fourth-order valence-corrected chi connectivity index (χ4v) is 1.87. The molecule has 1 atom stereocenters. The molecule has 0 aliphatic carbocycles.